The molecule has 0 bridgehead atoms. The molecule has 1 aliphatic rings. The number of hydrogen-bond donors (Lipinski definition) is 2. The lowest BCUT2D eigenvalue weighted by atomic mass is 10.00. The minimum absolute atomic E-state index is 0.262. The fourth-order valence-electron chi connectivity index (χ4n) is 2.32. The van der Waals surface area contributed by atoms with Crippen LogP contribution in [-0.4, -0.2) is 35.2 Å². The first kappa shape index (κ1) is 14.5. The summed E-state index contributed by atoms with van der Waals surface area (Å²) in [6.45, 7) is 2.25. The van der Waals surface area contributed by atoms with Crippen molar-refractivity contribution in [1.82, 2.24) is 5.32 Å². The summed E-state index contributed by atoms with van der Waals surface area (Å²) < 4.78 is 5.43. The van der Waals surface area contributed by atoms with Crippen molar-refractivity contribution in [1.29, 1.82) is 0 Å². The number of nitrogens with one attached hydrogen (secondary N) is 1. The van der Waals surface area contributed by atoms with Crippen LogP contribution in [0.3, 0.4) is 0 Å². The zero-order valence-corrected chi connectivity index (χ0v) is 11.5. The number of rotatable bonds is 5. The second-order valence-electron chi connectivity index (χ2n) is 5.24. The van der Waals surface area contributed by atoms with Gasteiger partial charge in [-0.05, 0) is 25.3 Å². The average molecular weight is 277 g/mol. The van der Waals surface area contributed by atoms with Gasteiger partial charge in [0.2, 0.25) is 0 Å². The quantitative estimate of drug-likeness (QED) is 0.852. The van der Waals surface area contributed by atoms with Gasteiger partial charge in [0, 0.05) is 13.0 Å². The zero-order valence-electron chi connectivity index (χ0n) is 11.5. The summed E-state index contributed by atoms with van der Waals surface area (Å²) in [6, 6.07) is 8.30. The summed E-state index contributed by atoms with van der Waals surface area (Å²) in [7, 11) is 0. The Kier molecular flexibility index (Phi) is 4.39. The molecule has 2 rings (SSSR count). The number of carboxylic acids is 1. The van der Waals surface area contributed by atoms with Crippen LogP contribution in [0.25, 0.3) is 0 Å². The summed E-state index contributed by atoms with van der Waals surface area (Å²) in [5.41, 5.74) is -0.0256. The molecule has 0 spiro atoms. The van der Waals surface area contributed by atoms with Crippen molar-refractivity contribution in [3.8, 4) is 0 Å². The van der Waals surface area contributed by atoms with Crippen molar-refractivity contribution >= 4 is 11.9 Å². The molecule has 2 N–H and O–H groups in total. The fourth-order valence-corrected chi connectivity index (χ4v) is 2.32. The maximum Gasteiger partial charge on any atom is 0.326 e. The van der Waals surface area contributed by atoms with Gasteiger partial charge < -0.3 is 15.2 Å². The first-order valence-electron chi connectivity index (χ1n) is 6.73. The van der Waals surface area contributed by atoms with Crippen LogP contribution in [0, 0.1) is 0 Å². The van der Waals surface area contributed by atoms with Gasteiger partial charge in [0.25, 0.3) is 5.91 Å². The van der Waals surface area contributed by atoms with E-state index >= 15 is 0 Å². The molecule has 1 heterocycles. The molecule has 0 saturated carbocycles. The average Bonchev–Trinajstić information content (AvgIpc) is 2.87. The van der Waals surface area contributed by atoms with Gasteiger partial charge >= 0.3 is 5.97 Å². The van der Waals surface area contributed by atoms with E-state index in [0.717, 1.165) is 12.0 Å². The first-order chi connectivity index (χ1) is 9.51. The van der Waals surface area contributed by atoms with E-state index in [1.807, 2.05) is 30.3 Å². The molecule has 0 radical (unpaired) electrons. The molecular weight excluding hydrogens is 258 g/mol. The van der Waals surface area contributed by atoms with Crippen molar-refractivity contribution < 1.29 is 19.4 Å². The van der Waals surface area contributed by atoms with Gasteiger partial charge in [-0.15, -0.1) is 0 Å². The Hall–Kier alpha value is -1.88. The Bertz CT molecular complexity index is 480. The van der Waals surface area contributed by atoms with Crippen molar-refractivity contribution in [2.24, 2.45) is 0 Å². The molecule has 0 aromatic heterocycles. The predicted octanol–water partition coefficient (Wildman–Crippen LogP) is 1.37. The molecule has 0 aliphatic carbocycles. The number of aliphatic carboxylic acids is 1. The Balaban J connectivity index is 2.02. The highest BCUT2D eigenvalue weighted by molar-refractivity contribution is 5.89. The lowest BCUT2D eigenvalue weighted by molar-refractivity contribution is -0.147. The van der Waals surface area contributed by atoms with E-state index in [1.165, 1.54) is 0 Å². The topological polar surface area (TPSA) is 75.6 Å². The van der Waals surface area contributed by atoms with Gasteiger partial charge in [-0.3, -0.25) is 4.79 Å². The number of ether oxygens (including phenoxy) is 1. The lowest BCUT2D eigenvalue weighted by Crippen LogP contribution is -2.51. The number of amides is 1. The first-order valence-corrected chi connectivity index (χ1v) is 6.73. The Morgan fingerprint density at radius 1 is 1.40 bits per heavy atom. The van der Waals surface area contributed by atoms with Gasteiger partial charge in [-0.1, -0.05) is 30.3 Å². The summed E-state index contributed by atoms with van der Waals surface area (Å²) in [6.07, 6.45) is 1.70. The van der Waals surface area contributed by atoms with Crippen LogP contribution in [0.15, 0.2) is 30.3 Å². The number of carbonyl (C=O) groups excluding carboxylic acids is 1. The molecule has 20 heavy (non-hydrogen) atoms. The van der Waals surface area contributed by atoms with Crippen LogP contribution in [-0.2, 0) is 20.7 Å². The van der Waals surface area contributed by atoms with E-state index in [9.17, 15) is 14.7 Å². The summed E-state index contributed by atoms with van der Waals surface area (Å²) in [5.74, 6) is -1.39. The summed E-state index contributed by atoms with van der Waals surface area (Å²) in [4.78, 5) is 23.5. The molecule has 1 amide bonds. The molecule has 2 atom stereocenters. The smallest absolute Gasteiger partial charge is 0.326 e. The third kappa shape index (κ3) is 3.36. The molecule has 5 heteroatoms. The minimum atomic E-state index is -1.04. The van der Waals surface area contributed by atoms with Crippen LogP contribution < -0.4 is 5.32 Å². The van der Waals surface area contributed by atoms with Crippen molar-refractivity contribution in [3.05, 3.63) is 35.9 Å². The highest BCUT2D eigenvalue weighted by atomic mass is 16.5. The highest BCUT2D eigenvalue weighted by Crippen LogP contribution is 2.25. The number of hydrogen-bond acceptors (Lipinski definition) is 3. The Morgan fingerprint density at radius 3 is 2.65 bits per heavy atom. The monoisotopic (exact) mass is 277 g/mol. The van der Waals surface area contributed by atoms with Crippen molar-refractivity contribution in [2.75, 3.05) is 6.61 Å². The lowest BCUT2D eigenvalue weighted by Gasteiger charge is -2.24. The summed E-state index contributed by atoms with van der Waals surface area (Å²) in [5, 5.41) is 11.8. The van der Waals surface area contributed by atoms with Crippen molar-refractivity contribution in [3.63, 3.8) is 0 Å². The van der Waals surface area contributed by atoms with Gasteiger partial charge in [0.05, 0.1) is 0 Å². The summed E-state index contributed by atoms with van der Waals surface area (Å²) >= 11 is 0. The molecule has 1 aromatic carbocycles. The number of carbonyl (C=O) groups is 2. The van der Waals surface area contributed by atoms with Crippen molar-refractivity contribution in [2.45, 2.75) is 37.8 Å². The molecule has 1 unspecified atom stereocenters. The number of benzene rings is 1. The van der Waals surface area contributed by atoms with E-state index in [0.29, 0.717) is 13.0 Å². The van der Waals surface area contributed by atoms with E-state index in [1.54, 1.807) is 6.92 Å². The highest BCUT2D eigenvalue weighted by Gasteiger charge is 2.39. The Labute approximate surface area is 117 Å². The van der Waals surface area contributed by atoms with Crippen LogP contribution in [0.5, 0.6) is 0 Å². The normalized spacial score (nSPS) is 23.2. The fraction of sp³-hybridized carbons (Fsp3) is 0.467. The van der Waals surface area contributed by atoms with E-state index < -0.39 is 17.6 Å². The van der Waals surface area contributed by atoms with Crippen LogP contribution in [0.2, 0.25) is 0 Å². The molecule has 1 aliphatic heterocycles. The van der Waals surface area contributed by atoms with Gasteiger partial charge in [0.15, 0.2) is 0 Å². The standard InChI is InChI=1S/C15H19NO4/c1-15(8-5-9-20-15)14(19)16-12(13(17)18)10-11-6-3-2-4-7-11/h2-4,6-7,12H,5,8-10H2,1H3,(H,16,19)(H,17,18)/t12-,15?/m1/s1. The predicted molar refractivity (Wildman–Crippen MR) is 73.3 cm³/mol. The second-order valence-corrected chi connectivity index (χ2v) is 5.24. The largest absolute Gasteiger partial charge is 0.480 e. The molecule has 108 valence electrons. The van der Waals surface area contributed by atoms with E-state index in [4.69, 9.17) is 4.74 Å². The third-order valence-corrected chi connectivity index (χ3v) is 3.59. The van der Waals surface area contributed by atoms with E-state index in [-0.39, 0.29) is 12.3 Å². The Morgan fingerprint density at radius 2 is 2.10 bits per heavy atom. The molecule has 1 aromatic rings. The SMILES string of the molecule is CC1(C(=O)N[C@H](Cc2ccccc2)C(=O)O)CCCO1. The molecular formula is C15H19NO4. The van der Waals surface area contributed by atoms with Crippen LogP contribution >= 0.6 is 0 Å². The van der Waals surface area contributed by atoms with Gasteiger partial charge in [0.1, 0.15) is 11.6 Å². The molecule has 1 fully saturated rings. The molecule has 1 saturated heterocycles. The minimum Gasteiger partial charge on any atom is -0.480 e. The van der Waals surface area contributed by atoms with E-state index in [2.05, 4.69) is 5.32 Å². The zero-order chi connectivity index (χ0) is 14.6. The molecule has 5 nitrogen and oxygen atoms in total. The van der Waals surface area contributed by atoms with Crippen LogP contribution in [0.1, 0.15) is 25.3 Å². The van der Waals surface area contributed by atoms with Crippen LogP contribution in [0.4, 0.5) is 0 Å². The number of carboxylic acid groups (broad SMARTS) is 1. The van der Waals surface area contributed by atoms with Gasteiger partial charge in [-0.2, -0.15) is 0 Å². The second kappa shape index (κ2) is 6.05. The van der Waals surface area contributed by atoms with Gasteiger partial charge in [-0.25, -0.2) is 4.79 Å². The maximum absolute atomic E-state index is 12.2. The maximum atomic E-state index is 12.2. The third-order valence-electron chi connectivity index (χ3n) is 3.59.